The first kappa shape index (κ1) is 10.6. The van der Waals surface area contributed by atoms with Crippen LogP contribution in [0.25, 0.3) is 0 Å². The van der Waals surface area contributed by atoms with E-state index in [1.807, 2.05) is 30.3 Å². The van der Waals surface area contributed by atoms with Gasteiger partial charge in [0.1, 0.15) is 18.1 Å². The van der Waals surface area contributed by atoms with E-state index < -0.39 is 0 Å². The number of hydrogen-bond donors (Lipinski definition) is 1. The zero-order valence-electron chi connectivity index (χ0n) is 9.72. The third-order valence-corrected chi connectivity index (χ3v) is 2.92. The second-order valence-corrected chi connectivity index (χ2v) is 4.00. The average molecular weight is 241 g/mol. The van der Waals surface area contributed by atoms with Crippen molar-refractivity contribution < 1.29 is 5.21 Å². The molecule has 6 nitrogen and oxygen atoms in total. The normalized spacial score (nSPS) is 20.6. The third-order valence-electron chi connectivity index (χ3n) is 2.92. The van der Waals surface area contributed by atoms with Gasteiger partial charge in [0.05, 0.1) is 5.71 Å². The summed E-state index contributed by atoms with van der Waals surface area (Å²) >= 11 is 0. The summed E-state index contributed by atoms with van der Waals surface area (Å²) in [7, 11) is 0. The number of aliphatic imine (C=N–C) groups is 1. The molecule has 0 radical (unpaired) electrons. The molecule has 1 aromatic heterocycles. The maximum atomic E-state index is 9.20. The molecule has 0 saturated carbocycles. The summed E-state index contributed by atoms with van der Waals surface area (Å²) in [6.45, 7) is 1.79. The molecule has 0 amide bonds. The van der Waals surface area contributed by atoms with Crippen LogP contribution in [0, 0.1) is 0 Å². The Morgan fingerprint density at radius 1 is 1.28 bits per heavy atom. The topological polar surface area (TPSA) is 75.7 Å². The van der Waals surface area contributed by atoms with Gasteiger partial charge in [0.15, 0.2) is 0 Å². The lowest BCUT2D eigenvalue weighted by molar-refractivity contribution is 0.316. The Bertz CT molecular complexity index is 629. The van der Waals surface area contributed by atoms with E-state index >= 15 is 0 Å². The molecule has 0 unspecified atom stereocenters. The van der Waals surface area contributed by atoms with Gasteiger partial charge in [-0.3, -0.25) is 0 Å². The summed E-state index contributed by atoms with van der Waals surface area (Å²) in [4.78, 5) is 8.33. The second kappa shape index (κ2) is 4.06. The van der Waals surface area contributed by atoms with E-state index in [9.17, 15) is 5.21 Å². The Labute approximate surface area is 103 Å². The van der Waals surface area contributed by atoms with Crippen molar-refractivity contribution in [2.45, 2.75) is 13.0 Å². The van der Waals surface area contributed by atoms with Gasteiger partial charge in [-0.15, -0.1) is 0 Å². The highest BCUT2D eigenvalue weighted by Gasteiger charge is 2.30. The minimum atomic E-state index is -0.286. The van der Waals surface area contributed by atoms with Crippen molar-refractivity contribution in [1.29, 1.82) is 0 Å². The van der Waals surface area contributed by atoms with Crippen molar-refractivity contribution in [3.63, 3.8) is 0 Å². The number of aromatic nitrogens is 3. The molecule has 0 bridgehead atoms. The van der Waals surface area contributed by atoms with Gasteiger partial charge in [-0.25, -0.2) is 9.67 Å². The second-order valence-electron chi connectivity index (χ2n) is 4.00. The van der Waals surface area contributed by atoms with Gasteiger partial charge in [0.25, 0.3) is 0 Å². The summed E-state index contributed by atoms with van der Waals surface area (Å²) in [6, 6.07) is 9.43. The highest BCUT2D eigenvalue weighted by Crippen LogP contribution is 2.28. The third kappa shape index (κ3) is 1.50. The lowest BCUT2D eigenvalue weighted by atomic mass is 9.98. The molecular formula is C12H11N5O. The minimum absolute atomic E-state index is 0.286. The first-order chi connectivity index (χ1) is 8.81. The number of benzene rings is 1. The van der Waals surface area contributed by atoms with Crippen molar-refractivity contribution in [2.24, 2.45) is 10.1 Å². The van der Waals surface area contributed by atoms with E-state index in [4.69, 9.17) is 0 Å². The molecule has 0 fully saturated rings. The van der Waals surface area contributed by atoms with Gasteiger partial charge in [-0.05, 0) is 12.5 Å². The molecule has 1 aliphatic rings. The molecule has 18 heavy (non-hydrogen) atoms. The number of hydrogen-bond acceptors (Lipinski definition) is 5. The highest BCUT2D eigenvalue weighted by atomic mass is 16.4. The molecule has 1 N–H and O–H groups in total. The molecular weight excluding hydrogens is 230 g/mol. The number of oxime groups is 1. The Hall–Kier alpha value is -2.50. The van der Waals surface area contributed by atoms with Gasteiger partial charge in [-0.2, -0.15) is 10.1 Å². The first-order valence-electron chi connectivity index (χ1n) is 5.53. The SMILES string of the molecule is CC1=Nc2ncnn2[C@H](c2ccccc2)C1=NO. The molecule has 2 aromatic rings. The molecule has 1 aromatic carbocycles. The summed E-state index contributed by atoms with van der Waals surface area (Å²) < 4.78 is 1.65. The lowest BCUT2D eigenvalue weighted by Crippen LogP contribution is -2.30. The molecule has 0 aliphatic carbocycles. The molecule has 1 aliphatic heterocycles. The molecule has 0 spiro atoms. The zero-order chi connectivity index (χ0) is 12.5. The lowest BCUT2D eigenvalue weighted by Gasteiger charge is -2.23. The standard InChI is InChI=1S/C12H11N5O/c1-8-10(16-18)11(9-5-3-2-4-6-9)17-12(15-8)13-7-14-17/h2-7,11,18H,1H3/t11-/m1/s1. The van der Waals surface area contributed by atoms with Crippen molar-refractivity contribution in [3.8, 4) is 0 Å². The van der Waals surface area contributed by atoms with Gasteiger partial charge < -0.3 is 5.21 Å². The van der Waals surface area contributed by atoms with E-state index in [0.29, 0.717) is 17.4 Å². The van der Waals surface area contributed by atoms with Crippen molar-refractivity contribution in [2.75, 3.05) is 0 Å². The summed E-state index contributed by atoms with van der Waals surface area (Å²) in [6.07, 6.45) is 1.45. The molecule has 6 heteroatoms. The highest BCUT2D eigenvalue weighted by molar-refractivity contribution is 6.44. The van der Waals surface area contributed by atoms with Gasteiger partial charge in [0.2, 0.25) is 5.95 Å². The molecule has 0 saturated heterocycles. The number of fused-ring (bicyclic) bond motifs is 1. The van der Waals surface area contributed by atoms with Crippen LogP contribution in [0.3, 0.4) is 0 Å². The van der Waals surface area contributed by atoms with Crippen LogP contribution in [-0.2, 0) is 0 Å². The number of rotatable bonds is 1. The average Bonchev–Trinajstić information content (AvgIpc) is 2.85. The zero-order valence-corrected chi connectivity index (χ0v) is 9.72. The summed E-state index contributed by atoms with van der Waals surface area (Å²) in [5.41, 5.74) is 2.11. The molecule has 3 rings (SSSR count). The van der Waals surface area contributed by atoms with Crippen LogP contribution in [0.15, 0.2) is 46.8 Å². The maximum Gasteiger partial charge on any atom is 0.249 e. The van der Waals surface area contributed by atoms with E-state index in [-0.39, 0.29) is 6.04 Å². The fraction of sp³-hybridized carbons (Fsp3) is 0.167. The molecule has 1 atom stereocenters. The van der Waals surface area contributed by atoms with Crippen LogP contribution in [0.4, 0.5) is 5.95 Å². The largest absolute Gasteiger partial charge is 0.411 e. The van der Waals surface area contributed by atoms with E-state index in [0.717, 1.165) is 5.56 Å². The monoisotopic (exact) mass is 241 g/mol. The van der Waals surface area contributed by atoms with Crippen molar-refractivity contribution >= 4 is 17.4 Å². The smallest absolute Gasteiger partial charge is 0.249 e. The number of nitrogens with zero attached hydrogens (tertiary/aromatic N) is 5. The summed E-state index contributed by atoms with van der Waals surface area (Å²) in [5, 5.41) is 16.7. The minimum Gasteiger partial charge on any atom is -0.411 e. The molecule has 2 heterocycles. The van der Waals surface area contributed by atoms with Crippen LogP contribution < -0.4 is 0 Å². The van der Waals surface area contributed by atoms with Gasteiger partial charge >= 0.3 is 0 Å². The van der Waals surface area contributed by atoms with E-state index in [1.165, 1.54) is 6.33 Å². The van der Waals surface area contributed by atoms with Gasteiger partial charge in [-0.1, -0.05) is 35.5 Å². The van der Waals surface area contributed by atoms with E-state index in [1.54, 1.807) is 11.6 Å². The van der Waals surface area contributed by atoms with Crippen LogP contribution >= 0.6 is 0 Å². The Morgan fingerprint density at radius 2 is 2.06 bits per heavy atom. The fourth-order valence-corrected chi connectivity index (χ4v) is 2.09. The van der Waals surface area contributed by atoms with E-state index in [2.05, 4.69) is 20.2 Å². The fourth-order valence-electron chi connectivity index (χ4n) is 2.09. The Balaban J connectivity index is 2.21. The van der Waals surface area contributed by atoms with Crippen molar-refractivity contribution in [3.05, 3.63) is 42.2 Å². The van der Waals surface area contributed by atoms with Crippen molar-refractivity contribution in [1.82, 2.24) is 14.8 Å². The maximum absolute atomic E-state index is 9.20. The Kier molecular flexibility index (Phi) is 2.40. The van der Waals surface area contributed by atoms with Crippen LogP contribution in [0.2, 0.25) is 0 Å². The van der Waals surface area contributed by atoms with Crippen LogP contribution in [-0.4, -0.2) is 31.4 Å². The Morgan fingerprint density at radius 3 is 2.78 bits per heavy atom. The molecule has 90 valence electrons. The first-order valence-corrected chi connectivity index (χ1v) is 5.53. The van der Waals surface area contributed by atoms with Gasteiger partial charge in [0, 0.05) is 0 Å². The summed E-state index contributed by atoms with van der Waals surface area (Å²) in [5.74, 6) is 0.522. The van der Waals surface area contributed by atoms with Crippen LogP contribution in [0.1, 0.15) is 18.5 Å². The quantitative estimate of drug-likeness (QED) is 0.611. The predicted molar refractivity (Wildman–Crippen MR) is 66.6 cm³/mol. The predicted octanol–water partition coefficient (Wildman–Crippen LogP) is 1.80. The van der Waals surface area contributed by atoms with Crippen LogP contribution in [0.5, 0.6) is 0 Å².